The summed E-state index contributed by atoms with van der Waals surface area (Å²) in [4.78, 5) is 0. The third-order valence-corrected chi connectivity index (χ3v) is 11.8. The van der Waals surface area contributed by atoms with Gasteiger partial charge in [-0.1, -0.05) is 154 Å². The molecule has 0 N–H and O–H groups in total. The molecule has 0 saturated heterocycles. The van der Waals surface area contributed by atoms with Crippen molar-refractivity contribution in [1.29, 1.82) is 0 Å². The lowest BCUT2D eigenvalue weighted by atomic mass is 9.78. The first-order valence-corrected chi connectivity index (χ1v) is 19.6. The van der Waals surface area contributed by atoms with Gasteiger partial charge in [-0.15, -0.1) is 0 Å². The lowest BCUT2D eigenvalue weighted by Gasteiger charge is -2.26. The van der Waals surface area contributed by atoms with Crippen LogP contribution in [0.5, 0.6) is 0 Å². The molecule has 0 atom stereocenters. The fourth-order valence-electron chi connectivity index (χ4n) is 9.46. The van der Waals surface area contributed by atoms with Crippen LogP contribution in [-0.2, 0) is 5.41 Å². The Kier molecular flexibility index (Phi) is 7.15. The molecule has 0 bridgehead atoms. The smallest absolute Gasteiger partial charge is 0.0547 e. The van der Waals surface area contributed by atoms with Gasteiger partial charge in [-0.2, -0.15) is 0 Å². The van der Waals surface area contributed by atoms with Crippen LogP contribution in [0, 0.1) is 0 Å². The van der Waals surface area contributed by atoms with Gasteiger partial charge < -0.3 is 9.13 Å². The Morgan fingerprint density at radius 2 is 0.732 bits per heavy atom. The van der Waals surface area contributed by atoms with Gasteiger partial charge in [0, 0.05) is 32.9 Å². The Labute approximate surface area is 326 Å². The van der Waals surface area contributed by atoms with Gasteiger partial charge in [0.1, 0.15) is 0 Å². The van der Waals surface area contributed by atoms with Crippen molar-refractivity contribution in [2.24, 2.45) is 0 Å². The lowest BCUT2D eigenvalue weighted by molar-refractivity contribution is 0.601. The van der Waals surface area contributed by atoms with Crippen LogP contribution < -0.4 is 0 Å². The maximum atomic E-state index is 2.44. The van der Waals surface area contributed by atoms with Crippen LogP contribution in [0.2, 0.25) is 0 Å². The minimum atomic E-state index is 0.00375. The maximum absolute atomic E-state index is 2.44. The van der Waals surface area contributed by atoms with Gasteiger partial charge in [-0.3, -0.25) is 0 Å². The second kappa shape index (κ2) is 12.3. The molecule has 56 heavy (non-hydrogen) atoms. The van der Waals surface area contributed by atoms with Crippen LogP contribution in [0.3, 0.4) is 0 Å². The summed E-state index contributed by atoms with van der Waals surface area (Å²) in [6.45, 7) is 6.99. The summed E-state index contributed by atoms with van der Waals surface area (Å²) in [5.41, 5.74) is 13.5. The van der Waals surface area contributed by atoms with Crippen molar-refractivity contribution in [2.45, 2.75) is 26.2 Å². The molecule has 2 aromatic heterocycles. The van der Waals surface area contributed by atoms with E-state index in [1.807, 2.05) is 0 Å². The molecule has 0 fully saturated rings. The van der Waals surface area contributed by atoms with Crippen LogP contribution in [0.25, 0.3) is 98.8 Å². The zero-order chi connectivity index (χ0) is 37.5. The topological polar surface area (TPSA) is 9.86 Å². The molecule has 2 heterocycles. The van der Waals surface area contributed by atoms with E-state index in [0.717, 1.165) is 5.69 Å². The molecule has 2 heteroatoms. The van der Waals surface area contributed by atoms with Crippen LogP contribution in [0.4, 0.5) is 0 Å². The van der Waals surface area contributed by atoms with Crippen molar-refractivity contribution >= 4 is 65.2 Å². The van der Waals surface area contributed by atoms with Crippen LogP contribution >= 0.6 is 0 Å². The summed E-state index contributed by atoms with van der Waals surface area (Å²) >= 11 is 0. The molecular formula is C54H40N2. The van der Waals surface area contributed by atoms with E-state index in [0.29, 0.717) is 0 Å². The van der Waals surface area contributed by atoms with Crippen LogP contribution in [0.15, 0.2) is 188 Å². The van der Waals surface area contributed by atoms with E-state index in [1.165, 1.54) is 98.7 Å². The highest BCUT2D eigenvalue weighted by Crippen LogP contribution is 2.44. The Hall–Kier alpha value is -6.90. The lowest BCUT2D eigenvalue weighted by Crippen LogP contribution is -2.13. The molecular weight excluding hydrogens is 677 g/mol. The highest BCUT2D eigenvalue weighted by Gasteiger charge is 2.23. The largest absolute Gasteiger partial charge is 0.309 e. The van der Waals surface area contributed by atoms with E-state index in [9.17, 15) is 0 Å². The van der Waals surface area contributed by atoms with Crippen molar-refractivity contribution < 1.29 is 0 Å². The first-order chi connectivity index (χ1) is 27.4. The molecule has 11 aromatic rings. The predicted molar refractivity (Wildman–Crippen MR) is 240 cm³/mol. The second-order valence-electron chi connectivity index (χ2n) is 16.1. The highest BCUT2D eigenvalue weighted by molar-refractivity contribution is 6.16. The summed E-state index contributed by atoms with van der Waals surface area (Å²) < 4.78 is 4.82. The van der Waals surface area contributed by atoms with Crippen molar-refractivity contribution in [3.8, 4) is 33.6 Å². The SMILES string of the molecule is CC(C)(C)c1c2ccccc2c(-c2ccc(-n3c4ccccc4c4ccc(-c5ccc6c(c5)c5ccccc5n6-c5ccccc5)cc43)cc2)c2ccccc12. The molecule has 0 amide bonds. The average Bonchev–Trinajstić information content (AvgIpc) is 3.75. The van der Waals surface area contributed by atoms with Gasteiger partial charge >= 0.3 is 0 Å². The Morgan fingerprint density at radius 1 is 0.304 bits per heavy atom. The molecule has 0 saturated carbocycles. The molecule has 9 aromatic carbocycles. The van der Waals surface area contributed by atoms with E-state index in [-0.39, 0.29) is 5.41 Å². The molecule has 0 aliphatic heterocycles. The maximum Gasteiger partial charge on any atom is 0.0547 e. The number of fused-ring (bicyclic) bond motifs is 8. The monoisotopic (exact) mass is 716 g/mol. The molecule has 0 aliphatic carbocycles. The van der Waals surface area contributed by atoms with Crippen molar-refractivity contribution in [3.05, 3.63) is 194 Å². The van der Waals surface area contributed by atoms with E-state index < -0.39 is 0 Å². The normalized spacial score (nSPS) is 12.2. The van der Waals surface area contributed by atoms with E-state index in [2.05, 4.69) is 218 Å². The van der Waals surface area contributed by atoms with E-state index >= 15 is 0 Å². The first kappa shape index (κ1) is 32.5. The minimum absolute atomic E-state index is 0.00375. The number of hydrogen-bond acceptors (Lipinski definition) is 0. The fraction of sp³-hybridized carbons (Fsp3) is 0.0741. The molecule has 0 radical (unpaired) electrons. The van der Waals surface area contributed by atoms with Gasteiger partial charge in [0.05, 0.1) is 22.1 Å². The summed E-state index contributed by atoms with van der Waals surface area (Å²) in [7, 11) is 0. The van der Waals surface area contributed by atoms with Gasteiger partial charge in [0.15, 0.2) is 0 Å². The van der Waals surface area contributed by atoms with Gasteiger partial charge in [-0.05, 0) is 109 Å². The van der Waals surface area contributed by atoms with Gasteiger partial charge in [0.2, 0.25) is 0 Å². The van der Waals surface area contributed by atoms with Gasteiger partial charge in [0.25, 0.3) is 0 Å². The standard InChI is InChI=1S/C54H40N2/c1-54(2,3)53-45-21-9-7-19-43(45)52(44-20-8-10-22-46(44)53)35-25-29-39(30-26-35)56-48-23-13-11-17-40(48)42-31-27-37(34-51(42)56)36-28-32-50-47(33-36)41-18-12-14-24-49(41)55(50)38-15-5-4-6-16-38/h4-34H,1-3H3. The zero-order valence-corrected chi connectivity index (χ0v) is 31.8. The van der Waals surface area contributed by atoms with E-state index in [1.54, 1.807) is 0 Å². The Balaban J connectivity index is 1.08. The van der Waals surface area contributed by atoms with Gasteiger partial charge in [-0.25, -0.2) is 0 Å². The molecule has 0 spiro atoms. The predicted octanol–water partition coefficient (Wildman–Crippen LogP) is 14.8. The van der Waals surface area contributed by atoms with Crippen LogP contribution in [-0.4, -0.2) is 9.13 Å². The molecule has 11 rings (SSSR count). The summed E-state index contributed by atoms with van der Waals surface area (Å²) in [6, 6.07) is 69.3. The van der Waals surface area contributed by atoms with Crippen molar-refractivity contribution in [2.75, 3.05) is 0 Å². The average molecular weight is 717 g/mol. The van der Waals surface area contributed by atoms with Crippen LogP contribution in [0.1, 0.15) is 26.3 Å². The third kappa shape index (κ3) is 4.89. The summed E-state index contributed by atoms with van der Waals surface area (Å²) in [5.74, 6) is 0. The Morgan fingerprint density at radius 3 is 1.36 bits per heavy atom. The van der Waals surface area contributed by atoms with Crippen molar-refractivity contribution in [3.63, 3.8) is 0 Å². The quantitative estimate of drug-likeness (QED) is 0.161. The summed E-state index contributed by atoms with van der Waals surface area (Å²) in [5, 5.41) is 10.3. The molecule has 2 nitrogen and oxygen atoms in total. The minimum Gasteiger partial charge on any atom is -0.309 e. The number of para-hydroxylation sites is 3. The number of benzene rings is 9. The second-order valence-corrected chi connectivity index (χ2v) is 16.1. The highest BCUT2D eigenvalue weighted by atomic mass is 15.0. The number of nitrogens with zero attached hydrogens (tertiary/aromatic N) is 2. The summed E-state index contributed by atoms with van der Waals surface area (Å²) in [6.07, 6.45) is 0. The number of rotatable bonds is 4. The molecule has 266 valence electrons. The molecule has 0 aliphatic rings. The molecule has 0 unspecified atom stereocenters. The third-order valence-electron chi connectivity index (χ3n) is 11.8. The van der Waals surface area contributed by atoms with Crippen molar-refractivity contribution in [1.82, 2.24) is 9.13 Å². The Bertz CT molecular complexity index is 3260. The number of hydrogen-bond donors (Lipinski definition) is 0. The van der Waals surface area contributed by atoms with E-state index in [4.69, 9.17) is 0 Å². The zero-order valence-electron chi connectivity index (χ0n) is 31.8. The number of aromatic nitrogens is 2. The fourth-order valence-corrected chi connectivity index (χ4v) is 9.46. The first-order valence-electron chi connectivity index (χ1n) is 19.6.